The number of rotatable bonds is 5. The lowest BCUT2D eigenvalue weighted by molar-refractivity contribution is -0.327. The molecule has 3 heteroatoms. The van der Waals surface area contributed by atoms with Crippen molar-refractivity contribution in [3.05, 3.63) is 71.8 Å². The fourth-order valence-electron chi connectivity index (χ4n) is 2.29. The van der Waals surface area contributed by atoms with Crippen LogP contribution in [0.25, 0.3) is 0 Å². The summed E-state index contributed by atoms with van der Waals surface area (Å²) >= 11 is 0. The summed E-state index contributed by atoms with van der Waals surface area (Å²) in [7, 11) is 0. The second-order valence-electron chi connectivity index (χ2n) is 4.87. The minimum Gasteiger partial charge on any atom is -0.546 e. The molecule has 0 aliphatic heterocycles. The monoisotopic (exact) mass is 269 g/mol. The second kappa shape index (κ2) is 5.88. The Balaban J connectivity index is 2.66. The van der Waals surface area contributed by atoms with Crippen molar-refractivity contribution < 1.29 is 14.6 Å². The summed E-state index contributed by atoms with van der Waals surface area (Å²) in [5.74, 6) is -1.26. The summed E-state index contributed by atoms with van der Waals surface area (Å²) < 4.78 is 5.81. The van der Waals surface area contributed by atoms with Crippen molar-refractivity contribution in [3.63, 3.8) is 0 Å². The van der Waals surface area contributed by atoms with Gasteiger partial charge in [0.2, 0.25) is 0 Å². The number of aliphatic carboxylic acids is 1. The van der Waals surface area contributed by atoms with Crippen LogP contribution in [0.1, 0.15) is 25.0 Å². The van der Waals surface area contributed by atoms with Gasteiger partial charge in [-0.3, -0.25) is 0 Å². The van der Waals surface area contributed by atoms with E-state index in [1.807, 2.05) is 26.0 Å². The molecule has 0 radical (unpaired) electrons. The molecule has 2 rings (SSSR count). The highest BCUT2D eigenvalue weighted by atomic mass is 16.5. The summed E-state index contributed by atoms with van der Waals surface area (Å²) in [5.41, 5.74) is -0.476. The zero-order valence-corrected chi connectivity index (χ0v) is 11.6. The number of carbonyl (C=O) groups is 1. The predicted octanol–water partition coefficient (Wildman–Crippen LogP) is 2.11. The van der Waals surface area contributed by atoms with Gasteiger partial charge in [-0.25, -0.2) is 0 Å². The standard InChI is InChI=1S/C17H18O3/c1-13(2)20-17(16(18)19,14-9-5-3-6-10-14)15-11-7-4-8-12-15/h3-13H,1-2H3,(H,18,19)/p-1. The highest BCUT2D eigenvalue weighted by Crippen LogP contribution is 2.34. The lowest BCUT2D eigenvalue weighted by Crippen LogP contribution is -2.50. The van der Waals surface area contributed by atoms with Gasteiger partial charge in [0.15, 0.2) is 5.60 Å². The first kappa shape index (κ1) is 14.3. The maximum atomic E-state index is 11.9. The van der Waals surface area contributed by atoms with Gasteiger partial charge in [0.05, 0.1) is 12.1 Å². The zero-order chi connectivity index (χ0) is 14.6. The van der Waals surface area contributed by atoms with Crippen LogP contribution in [-0.2, 0) is 15.1 Å². The number of hydrogen-bond donors (Lipinski definition) is 0. The van der Waals surface area contributed by atoms with Crippen molar-refractivity contribution in [3.8, 4) is 0 Å². The van der Waals surface area contributed by atoms with Gasteiger partial charge < -0.3 is 14.6 Å². The van der Waals surface area contributed by atoms with Gasteiger partial charge in [-0.1, -0.05) is 60.7 Å². The first-order valence-electron chi connectivity index (χ1n) is 6.57. The van der Waals surface area contributed by atoms with Crippen molar-refractivity contribution in [2.45, 2.75) is 25.6 Å². The van der Waals surface area contributed by atoms with Crippen LogP contribution in [0.15, 0.2) is 60.7 Å². The Morgan fingerprint density at radius 2 is 1.35 bits per heavy atom. The van der Waals surface area contributed by atoms with E-state index < -0.39 is 11.6 Å². The number of carbonyl (C=O) groups excluding carboxylic acids is 1. The summed E-state index contributed by atoms with van der Waals surface area (Å²) in [6.07, 6.45) is -0.256. The molecule has 0 unspecified atom stereocenters. The normalized spacial score (nSPS) is 11.6. The molecular weight excluding hydrogens is 252 g/mol. The lowest BCUT2D eigenvalue weighted by atomic mass is 9.86. The van der Waals surface area contributed by atoms with Crippen LogP contribution in [0.5, 0.6) is 0 Å². The number of hydrogen-bond acceptors (Lipinski definition) is 3. The summed E-state index contributed by atoms with van der Waals surface area (Å²) in [6.45, 7) is 3.62. The fourth-order valence-corrected chi connectivity index (χ4v) is 2.29. The van der Waals surface area contributed by atoms with Gasteiger partial charge in [0.1, 0.15) is 0 Å². The smallest absolute Gasteiger partial charge is 0.158 e. The molecule has 3 nitrogen and oxygen atoms in total. The Morgan fingerprint density at radius 3 is 1.65 bits per heavy atom. The van der Waals surface area contributed by atoms with Gasteiger partial charge in [0, 0.05) is 0 Å². The average molecular weight is 269 g/mol. The van der Waals surface area contributed by atoms with Crippen LogP contribution < -0.4 is 5.11 Å². The third-order valence-electron chi connectivity index (χ3n) is 3.06. The number of carboxylic acids is 1. The highest BCUT2D eigenvalue weighted by Gasteiger charge is 2.38. The van der Waals surface area contributed by atoms with E-state index in [1.54, 1.807) is 48.5 Å². The van der Waals surface area contributed by atoms with E-state index in [4.69, 9.17) is 4.74 Å². The Labute approximate surface area is 118 Å². The second-order valence-corrected chi connectivity index (χ2v) is 4.87. The molecule has 0 bridgehead atoms. The van der Waals surface area contributed by atoms with Crippen molar-refractivity contribution >= 4 is 5.97 Å². The third kappa shape index (κ3) is 2.58. The molecule has 0 spiro atoms. The van der Waals surface area contributed by atoms with E-state index in [1.165, 1.54) is 0 Å². The predicted molar refractivity (Wildman–Crippen MR) is 74.9 cm³/mol. The molecule has 2 aromatic rings. The van der Waals surface area contributed by atoms with Gasteiger partial charge in [-0.2, -0.15) is 0 Å². The Bertz CT molecular complexity index is 522. The minimum atomic E-state index is -1.59. The van der Waals surface area contributed by atoms with Gasteiger partial charge >= 0.3 is 0 Å². The first-order valence-corrected chi connectivity index (χ1v) is 6.57. The third-order valence-corrected chi connectivity index (χ3v) is 3.06. The number of benzene rings is 2. The maximum Gasteiger partial charge on any atom is 0.158 e. The lowest BCUT2D eigenvalue weighted by Gasteiger charge is -2.37. The molecule has 0 saturated carbocycles. The van der Waals surface area contributed by atoms with Crippen molar-refractivity contribution in [1.82, 2.24) is 0 Å². The average Bonchev–Trinajstić information content (AvgIpc) is 2.46. The molecule has 0 amide bonds. The fraction of sp³-hybridized carbons (Fsp3) is 0.235. The van der Waals surface area contributed by atoms with E-state index in [2.05, 4.69) is 0 Å². The van der Waals surface area contributed by atoms with Gasteiger partial charge in [0.25, 0.3) is 0 Å². The molecule has 0 heterocycles. The molecule has 0 aliphatic rings. The van der Waals surface area contributed by atoms with Crippen molar-refractivity contribution in [2.24, 2.45) is 0 Å². The molecule has 2 aromatic carbocycles. The summed E-state index contributed by atoms with van der Waals surface area (Å²) in [5, 5.41) is 11.9. The van der Waals surface area contributed by atoms with Gasteiger partial charge in [-0.15, -0.1) is 0 Å². The molecule has 0 fully saturated rings. The van der Waals surface area contributed by atoms with Crippen molar-refractivity contribution in [2.75, 3.05) is 0 Å². The molecule has 20 heavy (non-hydrogen) atoms. The molecular formula is C17H17O3-. The molecule has 0 N–H and O–H groups in total. The molecule has 0 atom stereocenters. The van der Waals surface area contributed by atoms with Crippen LogP contribution in [0.4, 0.5) is 0 Å². The number of ether oxygens (including phenoxy) is 1. The van der Waals surface area contributed by atoms with Crippen molar-refractivity contribution in [1.29, 1.82) is 0 Å². The molecule has 0 saturated heterocycles. The van der Waals surface area contributed by atoms with Crippen LogP contribution in [0, 0.1) is 0 Å². The van der Waals surface area contributed by atoms with Crippen LogP contribution in [0.3, 0.4) is 0 Å². The topological polar surface area (TPSA) is 49.4 Å². The number of carboxylic acid groups (broad SMARTS) is 1. The van der Waals surface area contributed by atoms with Crippen LogP contribution in [0.2, 0.25) is 0 Å². The Hall–Kier alpha value is -2.13. The molecule has 0 aromatic heterocycles. The zero-order valence-electron chi connectivity index (χ0n) is 11.6. The first-order chi connectivity index (χ1) is 9.57. The van der Waals surface area contributed by atoms with E-state index in [0.29, 0.717) is 11.1 Å². The Morgan fingerprint density at radius 1 is 0.950 bits per heavy atom. The quantitative estimate of drug-likeness (QED) is 0.835. The summed E-state index contributed by atoms with van der Waals surface area (Å²) in [4.78, 5) is 11.9. The van der Waals surface area contributed by atoms with E-state index in [9.17, 15) is 9.90 Å². The highest BCUT2D eigenvalue weighted by molar-refractivity contribution is 5.82. The minimum absolute atomic E-state index is 0.256. The summed E-state index contributed by atoms with van der Waals surface area (Å²) in [6, 6.07) is 17.8. The van der Waals surface area contributed by atoms with Crippen LogP contribution in [-0.4, -0.2) is 12.1 Å². The van der Waals surface area contributed by atoms with Gasteiger partial charge in [-0.05, 0) is 25.0 Å². The maximum absolute atomic E-state index is 11.9. The molecule has 104 valence electrons. The van der Waals surface area contributed by atoms with E-state index in [0.717, 1.165) is 0 Å². The SMILES string of the molecule is CC(C)OC(C(=O)[O-])(c1ccccc1)c1ccccc1. The Kier molecular flexibility index (Phi) is 4.20. The van der Waals surface area contributed by atoms with E-state index in [-0.39, 0.29) is 6.10 Å². The molecule has 0 aliphatic carbocycles. The van der Waals surface area contributed by atoms with E-state index >= 15 is 0 Å². The van der Waals surface area contributed by atoms with Crippen LogP contribution >= 0.6 is 0 Å². The largest absolute Gasteiger partial charge is 0.546 e.